The fourth-order valence-corrected chi connectivity index (χ4v) is 14.0. The molecule has 0 heterocycles. The number of hydrogen-bond acceptors (Lipinski definition) is 7. The molecule has 9 heteroatoms. The van der Waals surface area contributed by atoms with E-state index in [0.717, 1.165) is 83.4 Å². The molecular formula is C54H52O7P2. The standard InChI is InChI=1S/C54H52O7P2/c1-58-38-60-53-43(36-62(56,45-21-7-3-8-22-45)46-23-9-4-10-24-46)34-41-20-15-16-29-49(41)51(53)52-50-31-30-40(19-17-18-32-55)33-42(50)35-44(54(52)61-39-59-2)37-63(57,47-25-11-5-12-26-47)48-27-13-6-14-28-48/h3-16,20-31,33-35,55H,17-19,32,36-39H2,1-2H3. The van der Waals surface area contributed by atoms with Crippen LogP contribution in [0.2, 0.25) is 0 Å². The van der Waals surface area contributed by atoms with E-state index in [2.05, 4.69) is 42.5 Å². The maximum absolute atomic E-state index is 16.0. The Hall–Kier alpha value is -5.78. The molecule has 0 aliphatic heterocycles. The average molecular weight is 875 g/mol. The Morgan fingerprint density at radius 3 is 1.32 bits per heavy atom. The van der Waals surface area contributed by atoms with Crippen molar-refractivity contribution in [1.29, 1.82) is 0 Å². The molecule has 0 fully saturated rings. The largest absolute Gasteiger partial charge is 0.467 e. The van der Waals surface area contributed by atoms with E-state index >= 15 is 9.13 Å². The summed E-state index contributed by atoms with van der Waals surface area (Å²) in [5.41, 5.74) is 4.09. The minimum absolute atomic E-state index is 0.0720. The zero-order valence-corrected chi connectivity index (χ0v) is 37.5. The summed E-state index contributed by atoms with van der Waals surface area (Å²) >= 11 is 0. The van der Waals surface area contributed by atoms with Gasteiger partial charge in [0.2, 0.25) is 0 Å². The molecule has 0 bridgehead atoms. The third kappa shape index (κ3) is 9.31. The smallest absolute Gasteiger partial charge is 0.188 e. The van der Waals surface area contributed by atoms with Gasteiger partial charge in [-0.05, 0) is 58.5 Å². The van der Waals surface area contributed by atoms with Crippen molar-refractivity contribution in [3.63, 3.8) is 0 Å². The van der Waals surface area contributed by atoms with Crippen LogP contribution < -0.4 is 30.7 Å². The minimum Gasteiger partial charge on any atom is -0.467 e. The van der Waals surface area contributed by atoms with Gasteiger partial charge in [-0.3, -0.25) is 0 Å². The summed E-state index contributed by atoms with van der Waals surface area (Å²) in [6, 6.07) is 57.5. The van der Waals surface area contributed by atoms with Gasteiger partial charge in [0.15, 0.2) is 13.6 Å². The van der Waals surface area contributed by atoms with Crippen LogP contribution in [-0.2, 0) is 37.3 Å². The molecule has 0 saturated heterocycles. The molecule has 0 atom stereocenters. The lowest BCUT2D eigenvalue weighted by Crippen LogP contribution is -2.18. The molecule has 0 aliphatic carbocycles. The zero-order chi connectivity index (χ0) is 43.7. The third-order valence-corrected chi connectivity index (χ3v) is 17.7. The van der Waals surface area contributed by atoms with Gasteiger partial charge in [-0.1, -0.05) is 164 Å². The number of aliphatic hydroxyl groups excluding tert-OH is 1. The van der Waals surface area contributed by atoms with E-state index < -0.39 is 14.3 Å². The first-order valence-electron chi connectivity index (χ1n) is 21.3. The Morgan fingerprint density at radius 2 is 0.873 bits per heavy atom. The number of fused-ring (bicyclic) bond motifs is 2. The van der Waals surface area contributed by atoms with Gasteiger partial charge in [0, 0.05) is 76.6 Å². The topological polar surface area (TPSA) is 91.3 Å². The van der Waals surface area contributed by atoms with Crippen LogP contribution in [0, 0.1) is 0 Å². The number of ether oxygens (including phenoxy) is 4. The van der Waals surface area contributed by atoms with Gasteiger partial charge < -0.3 is 33.2 Å². The van der Waals surface area contributed by atoms with E-state index in [1.165, 1.54) is 0 Å². The molecule has 1 N–H and O–H groups in total. The number of aryl methyl sites for hydroxylation is 1. The molecule has 0 unspecified atom stereocenters. The van der Waals surface area contributed by atoms with Gasteiger partial charge >= 0.3 is 0 Å². The first-order valence-corrected chi connectivity index (χ1v) is 25.0. The second-order valence-corrected chi connectivity index (χ2v) is 21.3. The summed E-state index contributed by atoms with van der Waals surface area (Å²) in [6.07, 6.45) is 2.63. The fourth-order valence-electron chi connectivity index (χ4n) is 8.59. The molecule has 8 aromatic rings. The average Bonchev–Trinajstić information content (AvgIpc) is 3.33. The number of aliphatic hydroxyl groups is 1. The second-order valence-electron chi connectivity index (χ2n) is 15.7. The van der Waals surface area contributed by atoms with Crippen molar-refractivity contribution in [1.82, 2.24) is 0 Å². The van der Waals surface area contributed by atoms with Crippen LogP contribution in [0.5, 0.6) is 11.5 Å². The van der Waals surface area contributed by atoms with Crippen molar-refractivity contribution in [2.24, 2.45) is 0 Å². The molecule has 63 heavy (non-hydrogen) atoms. The Bertz CT molecular complexity index is 2800. The lowest BCUT2D eigenvalue weighted by Gasteiger charge is -2.27. The summed E-state index contributed by atoms with van der Waals surface area (Å²) in [5.74, 6) is 1.04. The molecule has 8 aromatic carbocycles. The highest BCUT2D eigenvalue weighted by atomic mass is 31.2. The van der Waals surface area contributed by atoms with Crippen LogP contribution in [0.3, 0.4) is 0 Å². The highest BCUT2D eigenvalue weighted by molar-refractivity contribution is 7.78. The Kier molecular flexibility index (Phi) is 14.0. The fraction of sp³-hybridized carbons (Fsp3) is 0.185. The first-order chi connectivity index (χ1) is 30.9. The normalized spacial score (nSPS) is 11.9. The van der Waals surface area contributed by atoms with Crippen molar-refractivity contribution in [2.45, 2.75) is 31.6 Å². The molecule has 320 valence electrons. The minimum atomic E-state index is -3.35. The molecule has 0 radical (unpaired) electrons. The number of methoxy groups -OCH3 is 2. The lowest BCUT2D eigenvalue weighted by molar-refractivity contribution is 0.0496. The maximum Gasteiger partial charge on any atom is 0.188 e. The number of hydrogen-bond donors (Lipinski definition) is 1. The van der Waals surface area contributed by atoms with Crippen molar-refractivity contribution < 1.29 is 33.2 Å². The molecule has 8 rings (SSSR count). The highest BCUT2D eigenvalue weighted by Crippen LogP contribution is 2.56. The molecule has 0 amide bonds. The van der Waals surface area contributed by atoms with E-state index in [9.17, 15) is 5.11 Å². The Labute approximate surface area is 370 Å². The summed E-state index contributed by atoms with van der Waals surface area (Å²) < 4.78 is 56.7. The number of rotatable bonds is 19. The van der Waals surface area contributed by atoms with Crippen LogP contribution >= 0.6 is 14.3 Å². The van der Waals surface area contributed by atoms with Crippen molar-refractivity contribution in [3.05, 3.63) is 193 Å². The van der Waals surface area contributed by atoms with Crippen molar-refractivity contribution >= 4 is 57.0 Å². The van der Waals surface area contributed by atoms with Gasteiger partial charge in [-0.15, -0.1) is 0 Å². The molecular weight excluding hydrogens is 823 g/mol. The summed E-state index contributed by atoms with van der Waals surface area (Å²) in [7, 11) is -3.49. The van der Waals surface area contributed by atoms with Crippen molar-refractivity contribution in [2.75, 3.05) is 34.4 Å². The molecule has 0 aromatic heterocycles. The van der Waals surface area contributed by atoms with Gasteiger partial charge in [-0.2, -0.15) is 0 Å². The Morgan fingerprint density at radius 1 is 0.460 bits per heavy atom. The summed E-state index contributed by atoms with van der Waals surface area (Å²) in [5, 5.41) is 16.2. The van der Waals surface area contributed by atoms with Gasteiger partial charge in [-0.25, -0.2) is 0 Å². The van der Waals surface area contributed by atoms with Crippen LogP contribution in [0.25, 0.3) is 32.7 Å². The van der Waals surface area contributed by atoms with Crippen LogP contribution in [0.1, 0.15) is 29.5 Å². The summed E-state index contributed by atoms with van der Waals surface area (Å²) in [4.78, 5) is 0. The monoisotopic (exact) mass is 874 g/mol. The Balaban J connectivity index is 1.47. The van der Waals surface area contributed by atoms with Crippen molar-refractivity contribution in [3.8, 4) is 22.6 Å². The van der Waals surface area contributed by atoms with E-state index in [-0.39, 0.29) is 32.5 Å². The predicted octanol–water partition coefficient (Wildman–Crippen LogP) is 11.0. The lowest BCUT2D eigenvalue weighted by atomic mass is 9.88. The van der Waals surface area contributed by atoms with Gasteiger partial charge in [0.25, 0.3) is 0 Å². The maximum atomic E-state index is 16.0. The van der Waals surface area contributed by atoms with Crippen LogP contribution in [-0.4, -0.2) is 39.5 Å². The number of unbranched alkanes of at least 4 members (excludes halogenated alkanes) is 1. The van der Waals surface area contributed by atoms with Gasteiger partial charge in [0.05, 0.1) is 0 Å². The quantitative estimate of drug-likeness (QED) is 0.0491. The number of benzene rings is 8. The SMILES string of the molecule is COCOc1c(CP(=O)(c2ccccc2)c2ccccc2)cc2ccccc2c1-c1c(OCOC)c(CP(=O)(c2ccccc2)c2ccccc2)cc2cc(CCCCO)ccc12. The van der Waals surface area contributed by atoms with E-state index in [1.807, 2.05) is 133 Å². The summed E-state index contributed by atoms with van der Waals surface area (Å²) in [6.45, 7) is -0.0161. The van der Waals surface area contributed by atoms with E-state index in [4.69, 9.17) is 18.9 Å². The highest BCUT2D eigenvalue weighted by Gasteiger charge is 2.34. The van der Waals surface area contributed by atoms with E-state index in [0.29, 0.717) is 17.9 Å². The van der Waals surface area contributed by atoms with Crippen LogP contribution in [0.15, 0.2) is 176 Å². The predicted molar refractivity (Wildman–Crippen MR) is 259 cm³/mol. The second kappa shape index (κ2) is 20.2. The molecule has 7 nitrogen and oxygen atoms in total. The molecule has 0 spiro atoms. The first kappa shape index (κ1) is 43.9. The van der Waals surface area contributed by atoms with Crippen LogP contribution in [0.4, 0.5) is 0 Å². The van der Waals surface area contributed by atoms with E-state index in [1.54, 1.807) is 14.2 Å². The third-order valence-electron chi connectivity index (χ3n) is 11.6. The molecule has 0 saturated carbocycles. The zero-order valence-electron chi connectivity index (χ0n) is 35.7. The molecule has 0 aliphatic rings. The van der Waals surface area contributed by atoms with Gasteiger partial charge in [0.1, 0.15) is 25.8 Å².